The van der Waals surface area contributed by atoms with Gasteiger partial charge in [0, 0.05) is 36.2 Å². The molecule has 46 heavy (non-hydrogen) atoms. The number of phenols is 1. The van der Waals surface area contributed by atoms with Gasteiger partial charge < -0.3 is 26.2 Å². The van der Waals surface area contributed by atoms with Gasteiger partial charge in [-0.15, -0.1) is 0 Å². The molecule has 4 aromatic carbocycles. The van der Waals surface area contributed by atoms with Gasteiger partial charge in [-0.2, -0.15) is 13.2 Å². The molecule has 0 heterocycles. The lowest BCUT2D eigenvalue weighted by molar-refractivity contribution is -0.192. The molecule has 0 bridgehead atoms. The van der Waals surface area contributed by atoms with Crippen molar-refractivity contribution >= 4 is 33.7 Å². The van der Waals surface area contributed by atoms with Gasteiger partial charge >= 0.3 is 12.1 Å². The summed E-state index contributed by atoms with van der Waals surface area (Å²) in [5.41, 5.74) is 10.8. The first-order chi connectivity index (χ1) is 21.9. The monoisotopic (exact) mass is 699 g/mol. The maximum Gasteiger partial charge on any atom is 0.490 e. The van der Waals surface area contributed by atoms with Crippen molar-refractivity contribution in [1.29, 1.82) is 0 Å². The number of aliphatic carboxylic acids is 1. The van der Waals surface area contributed by atoms with Crippen LogP contribution in [-0.2, 0) is 29.0 Å². The van der Waals surface area contributed by atoms with Crippen molar-refractivity contribution in [2.45, 2.75) is 25.6 Å². The molecule has 4 aromatic rings. The number of amides is 2. The van der Waals surface area contributed by atoms with Crippen molar-refractivity contribution in [3.63, 3.8) is 0 Å². The zero-order chi connectivity index (χ0) is 33.7. The highest BCUT2D eigenvalue weighted by Gasteiger charge is 2.38. The average molecular weight is 701 g/mol. The molecule has 0 unspecified atom stereocenters. The zero-order valence-corrected chi connectivity index (χ0v) is 26.2. The van der Waals surface area contributed by atoms with Crippen LogP contribution in [-0.4, -0.2) is 58.7 Å². The summed E-state index contributed by atoms with van der Waals surface area (Å²) < 4.78 is 32.7. The minimum Gasteiger partial charge on any atom is -0.508 e. The summed E-state index contributed by atoms with van der Waals surface area (Å²) >= 11 is 3.45. The molecule has 0 radical (unpaired) electrons. The molecule has 12 heteroatoms. The van der Waals surface area contributed by atoms with Crippen LogP contribution in [0.4, 0.5) is 13.2 Å². The Hall–Kier alpha value is -4.68. The van der Waals surface area contributed by atoms with E-state index in [-0.39, 0.29) is 17.6 Å². The van der Waals surface area contributed by atoms with Gasteiger partial charge in [0.15, 0.2) is 0 Å². The fourth-order valence-corrected chi connectivity index (χ4v) is 4.64. The molecule has 0 fully saturated rings. The van der Waals surface area contributed by atoms with Crippen molar-refractivity contribution in [3.8, 4) is 16.9 Å². The SMILES string of the molecule is NCCNC(=O)c1ccccc1-c1cccc(CN(CCc2ccc(O)cc2)C(=O)Cc2ccc(Br)cc2)c1.O=C(O)C(F)(F)F. The Morgan fingerprint density at radius 1 is 0.848 bits per heavy atom. The van der Waals surface area contributed by atoms with Crippen LogP contribution in [0, 0.1) is 0 Å². The first-order valence-corrected chi connectivity index (χ1v) is 14.9. The van der Waals surface area contributed by atoms with Crippen LogP contribution in [0.15, 0.2) is 102 Å². The van der Waals surface area contributed by atoms with Crippen LogP contribution in [0.2, 0.25) is 0 Å². The van der Waals surface area contributed by atoms with Gasteiger partial charge in [0.2, 0.25) is 5.91 Å². The molecule has 5 N–H and O–H groups in total. The number of nitrogens with zero attached hydrogens (tertiary/aromatic N) is 1. The molecule has 0 aliphatic rings. The molecule has 0 aromatic heterocycles. The minimum atomic E-state index is -5.08. The number of hydrogen-bond donors (Lipinski definition) is 4. The zero-order valence-electron chi connectivity index (χ0n) is 24.6. The highest BCUT2D eigenvalue weighted by molar-refractivity contribution is 9.10. The molecule has 242 valence electrons. The standard InChI is InChI=1S/C32H32BrN3O3.C2HF3O2/c33-27-12-8-24(9-13-27)21-31(38)36(19-16-23-10-14-28(37)15-11-23)22-25-4-3-5-26(20-25)29-6-1-2-7-30(29)32(39)35-18-17-34;3-2(4,5)1(6)7/h1-15,20,37H,16-19,21-22,34H2,(H,35,39);(H,6,7). The number of rotatable bonds is 11. The summed E-state index contributed by atoms with van der Waals surface area (Å²) in [4.78, 5) is 37.0. The normalized spacial score (nSPS) is 10.8. The molecule has 0 saturated heterocycles. The van der Waals surface area contributed by atoms with E-state index in [2.05, 4.69) is 21.2 Å². The van der Waals surface area contributed by atoms with E-state index in [0.717, 1.165) is 32.3 Å². The molecule has 2 amide bonds. The van der Waals surface area contributed by atoms with E-state index in [0.29, 0.717) is 44.6 Å². The highest BCUT2D eigenvalue weighted by atomic mass is 79.9. The third kappa shape index (κ3) is 11.4. The molecule has 0 aliphatic carbocycles. The second kappa shape index (κ2) is 17.1. The van der Waals surface area contributed by atoms with Crippen molar-refractivity contribution < 1.29 is 37.8 Å². The van der Waals surface area contributed by atoms with Crippen LogP contribution in [0.5, 0.6) is 5.75 Å². The summed E-state index contributed by atoms with van der Waals surface area (Å²) in [6, 6.07) is 30.3. The molecule has 0 atom stereocenters. The number of phenolic OH excluding ortho intramolecular Hbond substituents is 1. The van der Waals surface area contributed by atoms with Gasteiger partial charge in [-0.1, -0.05) is 76.6 Å². The van der Waals surface area contributed by atoms with E-state index in [9.17, 15) is 27.9 Å². The van der Waals surface area contributed by atoms with Gasteiger partial charge in [0.1, 0.15) is 5.75 Å². The molecule has 8 nitrogen and oxygen atoms in total. The Labute approximate surface area is 272 Å². The van der Waals surface area contributed by atoms with E-state index >= 15 is 0 Å². The summed E-state index contributed by atoms with van der Waals surface area (Å²) in [6.45, 7) is 1.74. The number of carbonyl (C=O) groups excluding carboxylic acids is 2. The van der Waals surface area contributed by atoms with Gasteiger partial charge in [0.05, 0.1) is 6.42 Å². The predicted molar refractivity (Wildman–Crippen MR) is 172 cm³/mol. The second-order valence-electron chi connectivity index (χ2n) is 10.1. The Bertz CT molecular complexity index is 1610. The number of hydrogen-bond acceptors (Lipinski definition) is 5. The maximum absolute atomic E-state index is 13.5. The van der Waals surface area contributed by atoms with E-state index in [1.54, 1.807) is 18.2 Å². The highest BCUT2D eigenvalue weighted by Crippen LogP contribution is 2.26. The summed E-state index contributed by atoms with van der Waals surface area (Å²) in [5.74, 6) is -2.67. The number of aromatic hydroxyl groups is 1. The topological polar surface area (TPSA) is 133 Å². The Morgan fingerprint density at radius 2 is 1.48 bits per heavy atom. The van der Waals surface area contributed by atoms with Crippen molar-refractivity contribution in [2.24, 2.45) is 5.73 Å². The fourth-order valence-electron chi connectivity index (χ4n) is 4.38. The van der Waals surface area contributed by atoms with E-state index in [1.807, 2.05) is 83.8 Å². The number of carboxylic acid groups (broad SMARTS) is 1. The third-order valence-electron chi connectivity index (χ3n) is 6.68. The number of nitrogens with two attached hydrogens (primary N) is 1. The lowest BCUT2D eigenvalue weighted by Gasteiger charge is -2.24. The summed E-state index contributed by atoms with van der Waals surface area (Å²) in [5, 5.41) is 19.6. The van der Waals surface area contributed by atoms with Gasteiger partial charge in [-0.05, 0) is 70.6 Å². The van der Waals surface area contributed by atoms with Crippen molar-refractivity contribution in [1.82, 2.24) is 10.2 Å². The first-order valence-electron chi connectivity index (χ1n) is 14.1. The molecule has 0 saturated carbocycles. The van der Waals surface area contributed by atoms with Crippen LogP contribution in [0.1, 0.15) is 27.0 Å². The lowest BCUT2D eigenvalue weighted by Crippen LogP contribution is -2.33. The quantitative estimate of drug-likeness (QED) is 0.153. The third-order valence-corrected chi connectivity index (χ3v) is 7.21. The number of benzene rings is 4. The van der Waals surface area contributed by atoms with Gasteiger partial charge in [-0.3, -0.25) is 9.59 Å². The summed E-state index contributed by atoms with van der Waals surface area (Å²) in [6.07, 6.45) is -4.12. The average Bonchev–Trinajstić information content (AvgIpc) is 3.03. The fraction of sp³-hybridized carbons (Fsp3) is 0.206. The molecular weight excluding hydrogens is 667 g/mol. The molecular formula is C34H33BrF3N3O5. The van der Waals surface area contributed by atoms with Crippen molar-refractivity contribution in [2.75, 3.05) is 19.6 Å². The van der Waals surface area contributed by atoms with Gasteiger partial charge in [-0.25, -0.2) is 4.79 Å². The Balaban J connectivity index is 0.000000738. The van der Waals surface area contributed by atoms with Crippen LogP contribution < -0.4 is 11.1 Å². The molecule has 0 aliphatic heterocycles. The molecule has 4 rings (SSSR count). The van der Waals surface area contributed by atoms with Crippen LogP contribution in [0.3, 0.4) is 0 Å². The lowest BCUT2D eigenvalue weighted by atomic mass is 9.97. The number of alkyl halides is 3. The number of halogens is 4. The minimum absolute atomic E-state index is 0.0306. The smallest absolute Gasteiger partial charge is 0.490 e. The van der Waals surface area contributed by atoms with Crippen LogP contribution in [0.25, 0.3) is 11.1 Å². The van der Waals surface area contributed by atoms with Gasteiger partial charge in [0.25, 0.3) is 5.91 Å². The van der Waals surface area contributed by atoms with E-state index in [4.69, 9.17) is 15.6 Å². The van der Waals surface area contributed by atoms with E-state index < -0.39 is 12.1 Å². The number of carbonyl (C=O) groups is 3. The summed E-state index contributed by atoms with van der Waals surface area (Å²) in [7, 11) is 0. The Morgan fingerprint density at radius 3 is 2.11 bits per heavy atom. The predicted octanol–water partition coefficient (Wildman–Crippen LogP) is 5.96. The van der Waals surface area contributed by atoms with E-state index in [1.165, 1.54) is 0 Å². The first kappa shape index (κ1) is 35.8. The van der Waals surface area contributed by atoms with Crippen LogP contribution >= 0.6 is 15.9 Å². The largest absolute Gasteiger partial charge is 0.508 e. The Kier molecular flexibility index (Phi) is 13.3. The second-order valence-corrected chi connectivity index (χ2v) is 11.0. The molecule has 0 spiro atoms. The van der Waals surface area contributed by atoms with Crippen molar-refractivity contribution in [3.05, 3.63) is 124 Å². The number of carboxylic acids is 1. The number of nitrogens with one attached hydrogen (secondary N) is 1. The maximum atomic E-state index is 13.5.